The first-order chi connectivity index (χ1) is 11.6. The molecule has 126 valence electrons. The van der Waals surface area contributed by atoms with Crippen LogP contribution in [0.25, 0.3) is 0 Å². The molecule has 0 aliphatic carbocycles. The van der Waals surface area contributed by atoms with Crippen LogP contribution < -0.4 is 30.0 Å². The van der Waals surface area contributed by atoms with Crippen molar-refractivity contribution in [3.05, 3.63) is 16.5 Å². The van der Waals surface area contributed by atoms with Crippen molar-refractivity contribution in [3.63, 3.8) is 0 Å². The molecule has 2 aliphatic heterocycles. The van der Waals surface area contributed by atoms with E-state index in [1.807, 2.05) is 6.07 Å². The molecular weight excluding hydrogens is 334 g/mol. The summed E-state index contributed by atoms with van der Waals surface area (Å²) in [5.74, 6) is 2.17. The first-order valence-electron chi connectivity index (χ1n) is 7.23. The largest absolute Gasteiger partial charge is 0.493 e. The minimum atomic E-state index is -0.248. The van der Waals surface area contributed by atoms with Crippen molar-refractivity contribution in [3.8, 4) is 23.0 Å². The maximum absolute atomic E-state index is 12.1. The van der Waals surface area contributed by atoms with Crippen molar-refractivity contribution in [2.24, 2.45) is 0 Å². The number of anilines is 2. The van der Waals surface area contributed by atoms with Crippen LogP contribution in [0.2, 0.25) is 0 Å². The quantitative estimate of drug-likeness (QED) is 0.872. The minimum absolute atomic E-state index is 0.0927. The highest BCUT2D eigenvalue weighted by atomic mass is 32.1. The molecule has 3 N–H and O–H groups in total. The summed E-state index contributed by atoms with van der Waals surface area (Å²) in [7, 11) is 3.11. The van der Waals surface area contributed by atoms with Gasteiger partial charge in [-0.05, 0) is 6.07 Å². The molecule has 9 heteroatoms. The van der Waals surface area contributed by atoms with Crippen LogP contribution in [0.1, 0.15) is 22.8 Å². The van der Waals surface area contributed by atoms with E-state index in [2.05, 4.69) is 10.3 Å². The predicted molar refractivity (Wildman–Crippen MR) is 87.3 cm³/mol. The second-order valence-electron chi connectivity index (χ2n) is 5.34. The van der Waals surface area contributed by atoms with E-state index in [1.165, 1.54) is 11.3 Å². The predicted octanol–water partition coefficient (Wildman–Crippen LogP) is 1.95. The number of amides is 1. The number of hydrogen-bond donors (Lipinski definition) is 2. The van der Waals surface area contributed by atoms with Crippen LogP contribution in [0.3, 0.4) is 0 Å². The normalized spacial score (nSPS) is 18.1. The van der Waals surface area contributed by atoms with Crippen LogP contribution in [-0.4, -0.2) is 31.9 Å². The number of nitrogens with one attached hydrogen (secondary N) is 1. The van der Waals surface area contributed by atoms with Crippen LogP contribution >= 0.6 is 11.3 Å². The topological polar surface area (TPSA) is 105 Å². The van der Waals surface area contributed by atoms with Gasteiger partial charge in [0, 0.05) is 17.9 Å². The lowest BCUT2D eigenvalue weighted by Gasteiger charge is -2.24. The number of methoxy groups -OCH3 is 2. The molecule has 3 heterocycles. The Bertz CT molecular complexity index is 835. The van der Waals surface area contributed by atoms with E-state index in [4.69, 9.17) is 24.7 Å². The summed E-state index contributed by atoms with van der Waals surface area (Å²) in [5.41, 5.74) is 6.59. The number of nitrogen functional groups attached to an aromatic ring is 1. The minimum Gasteiger partial charge on any atom is -0.493 e. The number of carbonyl (C=O) groups is 1. The number of thiazole rings is 1. The summed E-state index contributed by atoms with van der Waals surface area (Å²) in [4.78, 5) is 17.2. The standard InChI is InChI=1S/C15H15N3O5S/c1-20-8-3-6(10(21-2)12-11(8)22-5-23-12)7-4-9(19)17-14-13(7)24-15(16)18-14/h3,7H,4-5H2,1-2H3,(H2,16,18)(H,17,19)/t7-/m1/s1. The van der Waals surface area contributed by atoms with Gasteiger partial charge in [-0.1, -0.05) is 11.3 Å². The van der Waals surface area contributed by atoms with Gasteiger partial charge in [-0.15, -0.1) is 0 Å². The number of nitrogens with two attached hydrogens (primary N) is 1. The van der Waals surface area contributed by atoms with Crippen molar-refractivity contribution in [2.75, 3.05) is 32.1 Å². The molecule has 24 heavy (non-hydrogen) atoms. The Balaban J connectivity index is 1.92. The third-order valence-electron chi connectivity index (χ3n) is 4.02. The highest BCUT2D eigenvalue weighted by Crippen LogP contribution is 2.54. The summed E-state index contributed by atoms with van der Waals surface area (Å²) < 4.78 is 22.0. The van der Waals surface area contributed by atoms with Gasteiger partial charge in [0.25, 0.3) is 0 Å². The van der Waals surface area contributed by atoms with Crippen molar-refractivity contribution < 1.29 is 23.7 Å². The fraction of sp³-hybridized carbons (Fsp3) is 0.333. The number of benzene rings is 1. The zero-order chi connectivity index (χ0) is 16.8. The van der Waals surface area contributed by atoms with E-state index in [-0.39, 0.29) is 25.0 Å². The molecule has 2 aliphatic rings. The zero-order valence-corrected chi connectivity index (χ0v) is 13.9. The first-order valence-corrected chi connectivity index (χ1v) is 8.04. The lowest BCUT2D eigenvalue weighted by Crippen LogP contribution is -2.23. The number of aromatic nitrogens is 1. The third kappa shape index (κ3) is 2.12. The van der Waals surface area contributed by atoms with Gasteiger partial charge in [0.05, 0.1) is 19.1 Å². The zero-order valence-electron chi connectivity index (χ0n) is 13.0. The molecule has 0 unspecified atom stereocenters. The van der Waals surface area contributed by atoms with Crippen LogP contribution in [0.4, 0.5) is 10.9 Å². The van der Waals surface area contributed by atoms with Crippen molar-refractivity contribution >= 4 is 28.2 Å². The van der Waals surface area contributed by atoms with E-state index in [0.29, 0.717) is 33.9 Å². The smallest absolute Gasteiger partial charge is 0.231 e. The third-order valence-corrected chi connectivity index (χ3v) is 5.02. The monoisotopic (exact) mass is 349 g/mol. The second-order valence-corrected chi connectivity index (χ2v) is 6.40. The Morgan fingerprint density at radius 3 is 2.88 bits per heavy atom. The number of hydrogen-bond acceptors (Lipinski definition) is 8. The van der Waals surface area contributed by atoms with Crippen molar-refractivity contribution in [2.45, 2.75) is 12.3 Å². The van der Waals surface area contributed by atoms with E-state index >= 15 is 0 Å². The summed E-state index contributed by atoms with van der Waals surface area (Å²) in [6.45, 7) is 0.0927. The van der Waals surface area contributed by atoms with Gasteiger partial charge in [0.15, 0.2) is 16.6 Å². The average Bonchev–Trinajstić information content (AvgIpc) is 3.18. The summed E-state index contributed by atoms with van der Waals surface area (Å²) in [6, 6.07) is 1.81. The van der Waals surface area contributed by atoms with E-state index in [1.54, 1.807) is 14.2 Å². The van der Waals surface area contributed by atoms with Gasteiger partial charge in [-0.25, -0.2) is 4.98 Å². The van der Waals surface area contributed by atoms with Crippen LogP contribution in [-0.2, 0) is 4.79 Å². The fourth-order valence-electron chi connectivity index (χ4n) is 3.04. The Hall–Kier alpha value is -2.68. The molecule has 0 saturated carbocycles. The Morgan fingerprint density at radius 1 is 1.33 bits per heavy atom. The van der Waals surface area contributed by atoms with Gasteiger partial charge < -0.3 is 30.0 Å². The van der Waals surface area contributed by atoms with Crippen LogP contribution in [0.15, 0.2) is 6.07 Å². The van der Waals surface area contributed by atoms with E-state index in [0.717, 1.165) is 10.4 Å². The molecule has 0 spiro atoms. The SMILES string of the molecule is COc1cc([C@H]2CC(=O)Nc3nc(N)sc32)c(OC)c2c1OCO2. The molecular formula is C15H15N3O5S. The number of rotatable bonds is 3. The molecule has 1 aromatic carbocycles. The molecule has 2 aromatic rings. The van der Waals surface area contributed by atoms with Crippen LogP contribution in [0, 0.1) is 0 Å². The lowest BCUT2D eigenvalue weighted by molar-refractivity contribution is -0.116. The highest BCUT2D eigenvalue weighted by molar-refractivity contribution is 7.16. The summed E-state index contributed by atoms with van der Waals surface area (Å²) >= 11 is 1.34. The summed E-state index contributed by atoms with van der Waals surface area (Å²) in [5, 5.41) is 3.15. The maximum Gasteiger partial charge on any atom is 0.231 e. The number of carbonyl (C=O) groups excluding carboxylic acids is 1. The molecule has 1 amide bonds. The van der Waals surface area contributed by atoms with Gasteiger partial charge in [0.2, 0.25) is 24.2 Å². The van der Waals surface area contributed by atoms with Crippen molar-refractivity contribution in [1.29, 1.82) is 0 Å². The van der Waals surface area contributed by atoms with Crippen LogP contribution in [0.5, 0.6) is 23.0 Å². The van der Waals surface area contributed by atoms with Gasteiger partial charge in [0.1, 0.15) is 5.82 Å². The highest BCUT2D eigenvalue weighted by Gasteiger charge is 2.36. The molecule has 1 aromatic heterocycles. The Morgan fingerprint density at radius 2 is 2.12 bits per heavy atom. The van der Waals surface area contributed by atoms with Crippen molar-refractivity contribution in [1.82, 2.24) is 4.98 Å². The van der Waals surface area contributed by atoms with Gasteiger partial charge in [-0.3, -0.25) is 4.79 Å². The van der Waals surface area contributed by atoms with E-state index in [9.17, 15) is 4.79 Å². The molecule has 1 atom stereocenters. The average molecular weight is 349 g/mol. The lowest BCUT2D eigenvalue weighted by atomic mass is 9.90. The molecule has 0 bridgehead atoms. The van der Waals surface area contributed by atoms with Gasteiger partial charge in [-0.2, -0.15) is 0 Å². The molecule has 0 saturated heterocycles. The first kappa shape index (κ1) is 14.9. The Kier molecular flexibility index (Phi) is 3.38. The summed E-state index contributed by atoms with van der Waals surface area (Å²) in [6.07, 6.45) is 0.258. The number of fused-ring (bicyclic) bond motifs is 2. The maximum atomic E-state index is 12.1. The van der Waals surface area contributed by atoms with Gasteiger partial charge >= 0.3 is 0 Å². The molecule has 8 nitrogen and oxygen atoms in total. The number of ether oxygens (including phenoxy) is 4. The molecule has 4 rings (SSSR count). The Labute approximate surface area is 141 Å². The molecule has 0 radical (unpaired) electrons. The second kappa shape index (κ2) is 5.45. The molecule has 0 fully saturated rings. The van der Waals surface area contributed by atoms with E-state index < -0.39 is 0 Å². The fourth-order valence-corrected chi connectivity index (χ4v) is 3.95. The number of nitrogens with zero attached hydrogens (tertiary/aromatic N) is 1.